The molecule has 0 radical (unpaired) electrons. The molecule has 0 saturated heterocycles. The Hall–Kier alpha value is -2.21. The van der Waals surface area contributed by atoms with E-state index in [0.717, 1.165) is 0 Å². The van der Waals surface area contributed by atoms with E-state index in [9.17, 15) is 13.4 Å². The Bertz CT molecular complexity index is 658. The summed E-state index contributed by atoms with van der Waals surface area (Å²) in [5.74, 6) is -0.487. The molecule has 1 atom stereocenters. The molecule has 6 heteroatoms. The molecule has 0 aromatic heterocycles. The average molecular weight is 307 g/mol. The molecule has 110 valence electrons. The fraction of sp³-hybridized carbons (Fsp3) is 0.133. The van der Waals surface area contributed by atoms with Gasteiger partial charge in [-0.3, -0.25) is 9.00 Å². The fourth-order valence-corrected chi connectivity index (χ4v) is 2.64. The largest absolute Gasteiger partial charge is 0.495 e. The minimum absolute atomic E-state index is 0.205. The molecule has 0 saturated carbocycles. The van der Waals surface area contributed by atoms with Crippen molar-refractivity contribution < 1.29 is 18.1 Å². The van der Waals surface area contributed by atoms with Crippen LogP contribution in [0.5, 0.6) is 5.75 Å². The number of hydrogen-bond acceptors (Lipinski definition) is 3. The number of methoxy groups -OCH3 is 1. The molecule has 0 fully saturated rings. The first kappa shape index (κ1) is 15.2. The van der Waals surface area contributed by atoms with Gasteiger partial charge < -0.3 is 10.1 Å². The van der Waals surface area contributed by atoms with Crippen LogP contribution in [-0.4, -0.2) is 23.0 Å². The first-order valence-electron chi connectivity index (χ1n) is 6.17. The third kappa shape index (κ3) is 4.13. The van der Waals surface area contributed by atoms with Gasteiger partial charge >= 0.3 is 0 Å². The zero-order valence-electron chi connectivity index (χ0n) is 11.3. The Labute approximate surface area is 124 Å². The number of rotatable bonds is 5. The maximum absolute atomic E-state index is 12.8. The van der Waals surface area contributed by atoms with Gasteiger partial charge in [0.2, 0.25) is 5.91 Å². The number of hydrogen-bond donors (Lipinski definition) is 1. The van der Waals surface area contributed by atoms with Gasteiger partial charge in [0.1, 0.15) is 17.3 Å². The summed E-state index contributed by atoms with van der Waals surface area (Å²) < 4.78 is 29.9. The first-order chi connectivity index (χ1) is 10.1. The number of nitrogens with one attached hydrogen (secondary N) is 1. The maximum Gasteiger partial charge on any atom is 0.237 e. The van der Waals surface area contributed by atoms with E-state index in [-0.39, 0.29) is 5.75 Å². The molecule has 1 unspecified atom stereocenters. The molecule has 0 aliphatic heterocycles. The number of para-hydroxylation sites is 2. The SMILES string of the molecule is COc1ccccc1NC(=O)CS(=O)c1ccc(F)cc1. The number of benzene rings is 2. The quantitative estimate of drug-likeness (QED) is 0.923. The predicted molar refractivity (Wildman–Crippen MR) is 79.3 cm³/mol. The minimum atomic E-state index is -1.52. The van der Waals surface area contributed by atoms with E-state index in [1.165, 1.54) is 31.4 Å². The van der Waals surface area contributed by atoms with Crippen molar-refractivity contribution in [2.75, 3.05) is 18.2 Å². The highest BCUT2D eigenvalue weighted by atomic mass is 32.2. The third-order valence-electron chi connectivity index (χ3n) is 2.72. The summed E-state index contributed by atoms with van der Waals surface area (Å²) in [6.45, 7) is 0. The zero-order chi connectivity index (χ0) is 15.2. The number of anilines is 1. The van der Waals surface area contributed by atoms with Gasteiger partial charge in [-0.05, 0) is 36.4 Å². The van der Waals surface area contributed by atoms with Crippen LogP contribution >= 0.6 is 0 Å². The average Bonchev–Trinajstić information content (AvgIpc) is 2.48. The summed E-state index contributed by atoms with van der Waals surface area (Å²) in [7, 11) is -0.0219. The van der Waals surface area contributed by atoms with E-state index in [4.69, 9.17) is 4.74 Å². The highest BCUT2D eigenvalue weighted by Crippen LogP contribution is 2.23. The Morgan fingerprint density at radius 1 is 1.19 bits per heavy atom. The number of carbonyl (C=O) groups excluding carboxylic acids is 1. The second-order valence-corrected chi connectivity index (χ2v) is 5.64. The first-order valence-corrected chi connectivity index (χ1v) is 7.49. The number of amides is 1. The lowest BCUT2D eigenvalue weighted by atomic mass is 10.3. The smallest absolute Gasteiger partial charge is 0.237 e. The van der Waals surface area contributed by atoms with E-state index < -0.39 is 22.5 Å². The lowest BCUT2D eigenvalue weighted by Gasteiger charge is -2.09. The van der Waals surface area contributed by atoms with Crippen molar-refractivity contribution in [1.29, 1.82) is 0 Å². The summed E-state index contributed by atoms with van der Waals surface area (Å²) in [4.78, 5) is 12.3. The van der Waals surface area contributed by atoms with Gasteiger partial charge in [-0.15, -0.1) is 0 Å². The highest BCUT2D eigenvalue weighted by Gasteiger charge is 2.12. The van der Waals surface area contributed by atoms with Gasteiger partial charge in [-0.2, -0.15) is 0 Å². The van der Waals surface area contributed by atoms with E-state index in [1.807, 2.05) is 0 Å². The second kappa shape index (κ2) is 6.99. The van der Waals surface area contributed by atoms with Crippen LogP contribution in [0.15, 0.2) is 53.4 Å². The highest BCUT2D eigenvalue weighted by molar-refractivity contribution is 7.85. The summed E-state index contributed by atoms with van der Waals surface area (Å²) >= 11 is 0. The molecule has 0 bridgehead atoms. The molecule has 0 aliphatic rings. The lowest BCUT2D eigenvalue weighted by Crippen LogP contribution is -2.19. The fourth-order valence-electron chi connectivity index (χ4n) is 1.72. The van der Waals surface area contributed by atoms with Gasteiger partial charge in [0, 0.05) is 4.90 Å². The predicted octanol–water partition coefficient (Wildman–Crippen LogP) is 2.58. The Morgan fingerprint density at radius 3 is 2.52 bits per heavy atom. The van der Waals surface area contributed by atoms with Crippen molar-refractivity contribution in [3.63, 3.8) is 0 Å². The third-order valence-corrected chi connectivity index (χ3v) is 4.04. The Kier molecular flexibility index (Phi) is 5.05. The van der Waals surface area contributed by atoms with Crippen LogP contribution in [0.1, 0.15) is 0 Å². The molecule has 2 aromatic rings. The molecule has 1 N–H and O–H groups in total. The van der Waals surface area contributed by atoms with Crippen molar-refractivity contribution in [3.8, 4) is 5.75 Å². The summed E-state index contributed by atoms with van der Waals surface area (Å²) in [5, 5.41) is 2.64. The molecule has 1 amide bonds. The van der Waals surface area contributed by atoms with Gasteiger partial charge in [0.05, 0.1) is 23.6 Å². The normalized spacial score (nSPS) is 11.7. The Balaban J connectivity index is 2.01. The molecular weight excluding hydrogens is 293 g/mol. The number of carbonyl (C=O) groups is 1. The van der Waals surface area contributed by atoms with Crippen molar-refractivity contribution in [1.82, 2.24) is 0 Å². The lowest BCUT2D eigenvalue weighted by molar-refractivity contribution is -0.113. The standard InChI is InChI=1S/C15H14FNO3S/c1-20-14-5-3-2-4-13(14)17-15(18)10-21(19)12-8-6-11(16)7-9-12/h2-9H,10H2,1H3,(H,17,18). The van der Waals surface area contributed by atoms with Crippen LogP contribution < -0.4 is 10.1 Å². The maximum atomic E-state index is 12.8. The van der Waals surface area contributed by atoms with Gasteiger partial charge in [-0.25, -0.2) is 4.39 Å². The van der Waals surface area contributed by atoms with Crippen LogP contribution in [0.3, 0.4) is 0 Å². The van der Waals surface area contributed by atoms with Crippen LogP contribution in [0.2, 0.25) is 0 Å². The van der Waals surface area contributed by atoms with Crippen molar-refractivity contribution in [2.24, 2.45) is 0 Å². The van der Waals surface area contributed by atoms with E-state index in [1.54, 1.807) is 24.3 Å². The minimum Gasteiger partial charge on any atom is -0.495 e. The molecule has 2 rings (SSSR count). The Morgan fingerprint density at radius 2 is 1.86 bits per heavy atom. The molecule has 2 aromatic carbocycles. The summed E-state index contributed by atoms with van der Waals surface area (Å²) in [6, 6.07) is 12.2. The monoisotopic (exact) mass is 307 g/mol. The van der Waals surface area contributed by atoms with Crippen LogP contribution in [0.4, 0.5) is 10.1 Å². The topological polar surface area (TPSA) is 55.4 Å². The van der Waals surface area contributed by atoms with Gasteiger partial charge in [-0.1, -0.05) is 12.1 Å². The zero-order valence-corrected chi connectivity index (χ0v) is 12.2. The van der Waals surface area contributed by atoms with Crippen molar-refractivity contribution in [3.05, 3.63) is 54.3 Å². The molecular formula is C15H14FNO3S. The molecule has 0 heterocycles. The van der Waals surface area contributed by atoms with E-state index in [2.05, 4.69) is 5.32 Å². The van der Waals surface area contributed by atoms with Crippen LogP contribution in [0, 0.1) is 5.82 Å². The van der Waals surface area contributed by atoms with Crippen LogP contribution in [-0.2, 0) is 15.6 Å². The summed E-state index contributed by atoms with van der Waals surface area (Å²) in [6.07, 6.45) is 0. The summed E-state index contributed by atoms with van der Waals surface area (Å²) in [5.41, 5.74) is 0.515. The second-order valence-electron chi connectivity index (χ2n) is 4.19. The molecule has 0 aliphatic carbocycles. The molecule has 21 heavy (non-hydrogen) atoms. The number of ether oxygens (including phenoxy) is 1. The van der Waals surface area contributed by atoms with Gasteiger partial charge in [0.15, 0.2) is 0 Å². The van der Waals surface area contributed by atoms with E-state index in [0.29, 0.717) is 16.3 Å². The van der Waals surface area contributed by atoms with Crippen LogP contribution in [0.25, 0.3) is 0 Å². The number of halogens is 1. The molecule has 0 spiro atoms. The van der Waals surface area contributed by atoms with Gasteiger partial charge in [0.25, 0.3) is 0 Å². The van der Waals surface area contributed by atoms with Crippen molar-refractivity contribution >= 4 is 22.4 Å². The molecule has 4 nitrogen and oxygen atoms in total. The van der Waals surface area contributed by atoms with E-state index >= 15 is 0 Å². The van der Waals surface area contributed by atoms with Crippen molar-refractivity contribution in [2.45, 2.75) is 4.90 Å².